The fourth-order valence-corrected chi connectivity index (χ4v) is 2.56. The molecule has 1 saturated carbocycles. The van der Waals surface area contributed by atoms with Gasteiger partial charge in [0.05, 0.1) is 16.8 Å². The van der Waals surface area contributed by atoms with E-state index in [4.69, 9.17) is 5.11 Å². The Balaban J connectivity index is 2.21. The van der Waals surface area contributed by atoms with Crippen LogP contribution in [-0.2, 0) is 9.59 Å². The summed E-state index contributed by atoms with van der Waals surface area (Å²) in [7, 11) is 0. The molecule has 1 aromatic carbocycles. The third kappa shape index (κ3) is 3.15. The molecule has 2 atom stereocenters. The molecule has 0 spiro atoms. The van der Waals surface area contributed by atoms with Gasteiger partial charge in [-0.25, -0.2) is 4.39 Å². The Hall–Kier alpha value is -2.51. The fraction of sp³-hybridized carbons (Fsp3) is 0.385. The molecule has 1 fully saturated rings. The molecule has 1 aromatic rings. The highest BCUT2D eigenvalue weighted by atomic mass is 19.1. The number of anilines is 1. The molecule has 0 unspecified atom stereocenters. The number of carboxylic acid groups (broad SMARTS) is 1. The van der Waals surface area contributed by atoms with Gasteiger partial charge in [0.25, 0.3) is 5.69 Å². The lowest BCUT2D eigenvalue weighted by Crippen LogP contribution is -2.30. The van der Waals surface area contributed by atoms with Crippen molar-refractivity contribution >= 4 is 23.3 Å². The highest BCUT2D eigenvalue weighted by Gasteiger charge is 2.38. The van der Waals surface area contributed by atoms with E-state index in [2.05, 4.69) is 5.32 Å². The average molecular weight is 296 g/mol. The van der Waals surface area contributed by atoms with Gasteiger partial charge < -0.3 is 10.4 Å². The summed E-state index contributed by atoms with van der Waals surface area (Å²) in [6.07, 6.45) is 1.38. The van der Waals surface area contributed by atoms with Gasteiger partial charge in [0.2, 0.25) is 5.91 Å². The smallest absolute Gasteiger partial charge is 0.307 e. The zero-order chi connectivity index (χ0) is 15.6. The van der Waals surface area contributed by atoms with Gasteiger partial charge in [-0.2, -0.15) is 0 Å². The van der Waals surface area contributed by atoms with E-state index in [1.807, 2.05) is 0 Å². The topological polar surface area (TPSA) is 110 Å². The van der Waals surface area contributed by atoms with E-state index in [0.29, 0.717) is 19.3 Å². The number of hydrogen-bond acceptors (Lipinski definition) is 4. The van der Waals surface area contributed by atoms with Crippen molar-refractivity contribution in [2.24, 2.45) is 11.8 Å². The number of halogens is 1. The zero-order valence-electron chi connectivity index (χ0n) is 10.9. The van der Waals surface area contributed by atoms with Crippen LogP contribution in [0.15, 0.2) is 18.2 Å². The maximum Gasteiger partial charge on any atom is 0.307 e. The van der Waals surface area contributed by atoms with Crippen LogP contribution in [0.1, 0.15) is 19.3 Å². The lowest BCUT2D eigenvalue weighted by Gasteiger charge is -2.15. The molecule has 2 rings (SSSR count). The quantitative estimate of drug-likeness (QED) is 0.653. The number of carbonyl (C=O) groups excluding carboxylic acids is 1. The molecular formula is C13H13FN2O5. The van der Waals surface area contributed by atoms with Crippen LogP contribution in [0.5, 0.6) is 0 Å². The molecule has 0 bridgehead atoms. The van der Waals surface area contributed by atoms with Gasteiger partial charge >= 0.3 is 5.97 Å². The normalized spacial score (nSPS) is 21.0. The van der Waals surface area contributed by atoms with Crippen molar-refractivity contribution < 1.29 is 24.0 Å². The third-order valence-corrected chi connectivity index (χ3v) is 3.58. The summed E-state index contributed by atoms with van der Waals surface area (Å²) < 4.78 is 13.2. The fourth-order valence-electron chi connectivity index (χ4n) is 2.56. The minimum atomic E-state index is -1.07. The van der Waals surface area contributed by atoms with Crippen LogP contribution in [0.4, 0.5) is 15.8 Å². The molecule has 8 heteroatoms. The summed E-state index contributed by atoms with van der Waals surface area (Å²) >= 11 is 0. The Labute approximate surface area is 118 Å². The first kappa shape index (κ1) is 14.9. The maximum atomic E-state index is 13.2. The molecule has 2 N–H and O–H groups in total. The predicted molar refractivity (Wildman–Crippen MR) is 70.2 cm³/mol. The molecule has 0 saturated heterocycles. The number of hydrogen-bond donors (Lipinski definition) is 2. The summed E-state index contributed by atoms with van der Waals surface area (Å²) in [6, 6.07) is 2.72. The standard InChI is InChI=1S/C13H13FN2O5/c14-7-4-5-11(16(20)21)10(6-7)15-12(17)8-2-1-3-9(8)13(18)19/h4-6,8-9H,1-3H2,(H,15,17)(H,18,19)/t8-,9+/m1/s1. The molecular weight excluding hydrogens is 283 g/mol. The van der Waals surface area contributed by atoms with Crippen LogP contribution in [0.25, 0.3) is 0 Å². The maximum absolute atomic E-state index is 13.2. The molecule has 21 heavy (non-hydrogen) atoms. The van der Waals surface area contributed by atoms with E-state index in [9.17, 15) is 24.1 Å². The summed E-state index contributed by atoms with van der Waals surface area (Å²) in [5.74, 6) is -3.99. The highest BCUT2D eigenvalue weighted by molar-refractivity contribution is 5.97. The van der Waals surface area contributed by atoms with Gasteiger partial charge in [-0.15, -0.1) is 0 Å². The molecule has 7 nitrogen and oxygen atoms in total. The first-order valence-corrected chi connectivity index (χ1v) is 6.37. The van der Waals surface area contributed by atoms with Crippen LogP contribution in [0.3, 0.4) is 0 Å². The number of nitro benzene ring substituents is 1. The number of aliphatic carboxylic acids is 1. The van der Waals surface area contributed by atoms with E-state index in [-0.39, 0.29) is 5.69 Å². The van der Waals surface area contributed by atoms with Crippen LogP contribution in [-0.4, -0.2) is 21.9 Å². The number of benzene rings is 1. The number of amides is 1. The Morgan fingerprint density at radius 1 is 1.33 bits per heavy atom. The SMILES string of the molecule is O=C(O)[C@H]1CCC[C@H]1C(=O)Nc1cc(F)ccc1[N+](=O)[O-]. The molecule has 1 aliphatic carbocycles. The highest BCUT2D eigenvalue weighted by Crippen LogP contribution is 2.34. The second-order valence-electron chi connectivity index (χ2n) is 4.89. The molecule has 1 aliphatic rings. The molecule has 0 aliphatic heterocycles. The van der Waals surface area contributed by atoms with E-state index >= 15 is 0 Å². The zero-order valence-corrected chi connectivity index (χ0v) is 10.9. The Bertz CT molecular complexity index is 604. The summed E-state index contributed by atoms with van der Waals surface area (Å²) in [5.41, 5.74) is -0.698. The monoisotopic (exact) mass is 296 g/mol. The largest absolute Gasteiger partial charge is 0.481 e. The number of nitro groups is 1. The van der Waals surface area contributed by atoms with E-state index in [1.165, 1.54) is 0 Å². The molecule has 1 amide bonds. The Morgan fingerprint density at radius 3 is 2.62 bits per heavy atom. The number of rotatable bonds is 4. The summed E-state index contributed by atoms with van der Waals surface area (Å²) in [6.45, 7) is 0. The lowest BCUT2D eigenvalue weighted by atomic mass is 9.95. The van der Waals surface area contributed by atoms with Crippen molar-refractivity contribution in [3.8, 4) is 0 Å². The molecule has 0 aromatic heterocycles. The third-order valence-electron chi connectivity index (χ3n) is 3.58. The number of carbonyl (C=O) groups is 2. The lowest BCUT2D eigenvalue weighted by molar-refractivity contribution is -0.384. The molecule has 112 valence electrons. The number of carboxylic acids is 1. The van der Waals surface area contributed by atoms with Crippen molar-refractivity contribution in [2.75, 3.05) is 5.32 Å². The Kier molecular flexibility index (Phi) is 4.15. The Morgan fingerprint density at radius 2 is 2.00 bits per heavy atom. The minimum Gasteiger partial charge on any atom is -0.481 e. The second-order valence-corrected chi connectivity index (χ2v) is 4.89. The second kappa shape index (κ2) is 5.86. The first-order valence-electron chi connectivity index (χ1n) is 6.37. The van der Waals surface area contributed by atoms with Crippen LogP contribution >= 0.6 is 0 Å². The van der Waals surface area contributed by atoms with Crippen LogP contribution in [0.2, 0.25) is 0 Å². The van der Waals surface area contributed by atoms with Crippen molar-refractivity contribution in [1.29, 1.82) is 0 Å². The summed E-state index contributed by atoms with van der Waals surface area (Å²) in [5, 5.41) is 22.2. The van der Waals surface area contributed by atoms with E-state index < -0.39 is 40.1 Å². The van der Waals surface area contributed by atoms with Gasteiger partial charge in [-0.3, -0.25) is 19.7 Å². The van der Waals surface area contributed by atoms with Crippen molar-refractivity contribution in [3.63, 3.8) is 0 Å². The molecule has 0 heterocycles. The van der Waals surface area contributed by atoms with E-state index in [0.717, 1.165) is 18.2 Å². The predicted octanol–water partition coefficient (Wildman–Crippen LogP) is 2.17. The van der Waals surface area contributed by atoms with Crippen molar-refractivity contribution in [1.82, 2.24) is 0 Å². The van der Waals surface area contributed by atoms with E-state index in [1.54, 1.807) is 0 Å². The average Bonchev–Trinajstić information content (AvgIpc) is 2.87. The van der Waals surface area contributed by atoms with Crippen molar-refractivity contribution in [2.45, 2.75) is 19.3 Å². The first-order chi connectivity index (χ1) is 9.90. The van der Waals surface area contributed by atoms with Gasteiger partial charge in [0, 0.05) is 12.1 Å². The van der Waals surface area contributed by atoms with Crippen LogP contribution in [0, 0.1) is 27.8 Å². The number of nitrogens with zero attached hydrogens (tertiary/aromatic N) is 1. The minimum absolute atomic E-state index is 0.263. The number of nitrogens with one attached hydrogen (secondary N) is 1. The van der Waals surface area contributed by atoms with Crippen molar-refractivity contribution in [3.05, 3.63) is 34.1 Å². The summed E-state index contributed by atoms with van der Waals surface area (Å²) in [4.78, 5) is 33.3. The van der Waals surface area contributed by atoms with Crippen LogP contribution < -0.4 is 5.32 Å². The molecule has 0 radical (unpaired) electrons. The van der Waals surface area contributed by atoms with Gasteiger partial charge in [0.15, 0.2) is 0 Å². The van der Waals surface area contributed by atoms with Gasteiger partial charge in [-0.05, 0) is 18.9 Å². The van der Waals surface area contributed by atoms with Gasteiger partial charge in [0.1, 0.15) is 11.5 Å². The van der Waals surface area contributed by atoms with Gasteiger partial charge in [-0.1, -0.05) is 6.42 Å².